The number of hydrogen-bond acceptors (Lipinski definition) is 2. The molecule has 5 heteroatoms. The lowest BCUT2D eigenvalue weighted by atomic mass is 9.99. The summed E-state index contributed by atoms with van der Waals surface area (Å²) in [5.74, 6) is -0.104. The lowest BCUT2D eigenvalue weighted by Gasteiger charge is -2.18. The van der Waals surface area contributed by atoms with Crippen LogP contribution in [0.1, 0.15) is 17.2 Å². The number of methoxy groups -OCH3 is 1. The van der Waals surface area contributed by atoms with Gasteiger partial charge in [-0.25, -0.2) is 4.39 Å². The molecule has 0 aliphatic rings. The van der Waals surface area contributed by atoms with E-state index in [9.17, 15) is 4.39 Å². The fourth-order valence-electron chi connectivity index (χ4n) is 2.22. The van der Waals surface area contributed by atoms with Crippen LogP contribution in [-0.4, -0.2) is 14.2 Å². The highest BCUT2D eigenvalue weighted by Gasteiger charge is 2.15. The van der Waals surface area contributed by atoms with Crippen molar-refractivity contribution in [1.82, 2.24) is 5.32 Å². The first-order valence-electron chi connectivity index (χ1n) is 6.49. The molecule has 1 unspecified atom stereocenters. The van der Waals surface area contributed by atoms with Crippen molar-refractivity contribution in [3.8, 4) is 5.75 Å². The fourth-order valence-corrected chi connectivity index (χ4v) is 3.03. The van der Waals surface area contributed by atoms with Gasteiger partial charge in [0.15, 0.2) is 11.6 Å². The molecule has 0 heterocycles. The lowest BCUT2D eigenvalue weighted by Crippen LogP contribution is -2.19. The Bertz CT molecular complexity index is 636. The molecule has 112 valence electrons. The van der Waals surface area contributed by atoms with Crippen LogP contribution in [0.5, 0.6) is 5.75 Å². The molecule has 0 saturated carbocycles. The molecule has 0 radical (unpaired) electrons. The van der Waals surface area contributed by atoms with Gasteiger partial charge in [0.25, 0.3) is 0 Å². The molecule has 2 aromatic carbocycles. The van der Waals surface area contributed by atoms with Gasteiger partial charge in [0.2, 0.25) is 0 Å². The second kappa shape index (κ2) is 7.25. The SMILES string of the molecule is CNC(Cc1ccc(OC)c(F)c1)c1ccc(Br)cc1Cl. The summed E-state index contributed by atoms with van der Waals surface area (Å²) in [6, 6.07) is 10.8. The lowest BCUT2D eigenvalue weighted by molar-refractivity contribution is 0.386. The maximum atomic E-state index is 13.8. The quantitative estimate of drug-likeness (QED) is 0.817. The van der Waals surface area contributed by atoms with Gasteiger partial charge in [-0.05, 0) is 48.9 Å². The van der Waals surface area contributed by atoms with Crippen molar-refractivity contribution >= 4 is 27.5 Å². The van der Waals surface area contributed by atoms with Crippen LogP contribution < -0.4 is 10.1 Å². The molecule has 0 amide bonds. The van der Waals surface area contributed by atoms with E-state index in [2.05, 4.69) is 21.2 Å². The minimum atomic E-state index is -0.355. The number of halogens is 3. The zero-order chi connectivity index (χ0) is 15.4. The molecule has 1 atom stereocenters. The molecular formula is C16H16BrClFNO. The van der Waals surface area contributed by atoms with Crippen molar-refractivity contribution in [2.24, 2.45) is 0 Å². The van der Waals surface area contributed by atoms with Gasteiger partial charge in [0.1, 0.15) is 0 Å². The van der Waals surface area contributed by atoms with E-state index in [0.717, 1.165) is 15.6 Å². The Morgan fingerprint density at radius 2 is 2.05 bits per heavy atom. The molecule has 0 aliphatic heterocycles. The molecule has 2 rings (SSSR count). The van der Waals surface area contributed by atoms with Crippen molar-refractivity contribution in [2.75, 3.05) is 14.2 Å². The summed E-state index contributed by atoms with van der Waals surface area (Å²) in [5.41, 5.74) is 1.87. The van der Waals surface area contributed by atoms with E-state index in [1.54, 1.807) is 6.07 Å². The highest BCUT2D eigenvalue weighted by Crippen LogP contribution is 2.29. The van der Waals surface area contributed by atoms with Gasteiger partial charge < -0.3 is 10.1 Å². The summed E-state index contributed by atoms with van der Waals surface area (Å²) in [4.78, 5) is 0. The Hall–Kier alpha value is -1.10. The number of benzene rings is 2. The van der Waals surface area contributed by atoms with E-state index in [-0.39, 0.29) is 17.6 Å². The Labute approximate surface area is 137 Å². The largest absolute Gasteiger partial charge is 0.494 e. The van der Waals surface area contributed by atoms with Crippen LogP contribution in [0.25, 0.3) is 0 Å². The van der Waals surface area contributed by atoms with Gasteiger partial charge in [0, 0.05) is 15.5 Å². The summed E-state index contributed by atoms with van der Waals surface area (Å²) in [6.45, 7) is 0. The van der Waals surface area contributed by atoms with Gasteiger partial charge >= 0.3 is 0 Å². The van der Waals surface area contributed by atoms with Crippen LogP contribution in [0.3, 0.4) is 0 Å². The van der Waals surface area contributed by atoms with Crippen molar-refractivity contribution in [3.05, 3.63) is 62.8 Å². The predicted octanol–water partition coefficient (Wildman–Crippen LogP) is 4.75. The third-order valence-electron chi connectivity index (χ3n) is 3.34. The fraction of sp³-hybridized carbons (Fsp3) is 0.250. The number of hydrogen-bond donors (Lipinski definition) is 1. The minimum absolute atomic E-state index is 0.0124. The van der Waals surface area contributed by atoms with Gasteiger partial charge in [-0.3, -0.25) is 0 Å². The molecule has 0 fully saturated rings. The molecule has 0 spiro atoms. The molecule has 0 aromatic heterocycles. The Kier molecular flexibility index (Phi) is 5.62. The summed E-state index contributed by atoms with van der Waals surface area (Å²) in [7, 11) is 3.32. The van der Waals surface area contributed by atoms with E-state index in [0.29, 0.717) is 11.4 Å². The second-order valence-electron chi connectivity index (χ2n) is 4.68. The van der Waals surface area contributed by atoms with Crippen LogP contribution in [0, 0.1) is 5.82 Å². The highest BCUT2D eigenvalue weighted by molar-refractivity contribution is 9.10. The molecule has 0 aliphatic carbocycles. The molecular weight excluding hydrogens is 357 g/mol. The number of rotatable bonds is 5. The standard InChI is InChI=1S/C16H16BrClFNO/c1-20-15(12-5-4-11(17)9-13(12)18)8-10-3-6-16(21-2)14(19)7-10/h3-7,9,15,20H,8H2,1-2H3. The van der Waals surface area contributed by atoms with E-state index in [1.165, 1.54) is 13.2 Å². The maximum absolute atomic E-state index is 13.8. The molecule has 0 saturated heterocycles. The van der Waals surface area contributed by atoms with E-state index in [4.69, 9.17) is 16.3 Å². The molecule has 2 nitrogen and oxygen atoms in total. The third kappa shape index (κ3) is 3.96. The summed E-state index contributed by atoms with van der Waals surface area (Å²) in [5, 5.41) is 3.90. The van der Waals surface area contributed by atoms with Gasteiger partial charge in [-0.15, -0.1) is 0 Å². The summed E-state index contributed by atoms with van der Waals surface area (Å²) < 4.78 is 19.6. The van der Waals surface area contributed by atoms with Crippen molar-refractivity contribution in [1.29, 1.82) is 0 Å². The molecule has 0 bridgehead atoms. The molecule has 2 aromatic rings. The number of ether oxygens (including phenoxy) is 1. The monoisotopic (exact) mass is 371 g/mol. The summed E-state index contributed by atoms with van der Waals surface area (Å²) in [6.07, 6.45) is 0.638. The Morgan fingerprint density at radius 1 is 1.29 bits per heavy atom. The third-order valence-corrected chi connectivity index (χ3v) is 4.16. The molecule has 1 N–H and O–H groups in total. The summed E-state index contributed by atoms with van der Waals surface area (Å²) >= 11 is 9.68. The molecule has 21 heavy (non-hydrogen) atoms. The average Bonchev–Trinajstić information content (AvgIpc) is 2.45. The Morgan fingerprint density at radius 3 is 2.62 bits per heavy atom. The topological polar surface area (TPSA) is 21.3 Å². The number of likely N-dealkylation sites (N-methyl/N-ethyl adjacent to an activating group) is 1. The van der Waals surface area contributed by atoms with Crippen LogP contribution in [0.4, 0.5) is 4.39 Å². The average molecular weight is 373 g/mol. The smallest absolute Gasteiger partial charge is 0.165 e. The van der Waals surface area contributed by atoms with Crippen LogP contribution in [-0.2, 0) is 6.42 Å². The minimum Gasteiger partial charge on any atom is -0.494 e. The predicted molar refractivity (Wildman–Crippen MR) is 87.6 cm³/mol. The van der Waals surface area contributed by atoms with Gasteiger partial charge in [-0.1, -0.05) is 39.7 Å². The van der Waals surface area contributed by atoms with Crippen molar-refractivity contribution in [2.45, 2.75) is 12.5 Å². The number of nitrogens with one attached hydrogen (secondary N) is 1. The van der Waals surface area contributed by atoms with E-state index in [1.807, 2.05) is 31.3 Å². The van der Waals surface area contributed by atoms with E-state index < -0.39 is 0 Å². The van der Waals surface area contributed by atoms with Gasteiger partial charge in [0.05, 0.1) is 7.11 Å². The highest BCUT2D eigenvalue weighted by atomic mass is 79.9. The van der Waals surface area contributed by atoms with Gasteiger partial charge in [-0.2, -0.15) is 0 Å². The maximum Gasteiger partial charge on any atom is 0.165 e. The Balaban J connectivity index is 2.24. The van der Waals surface area contributed by atoms with Crippen LogP contribution in [0.15, 0.2) is 40.9 Å². The normalized spacial score (nSPS) is 12.2. The zero-order valence-corrected chi connectivity index (χ0v) is 14.1. The first kappa shape index (κ1) is 16.3. The van der Waals surface area contributed by atoms with Crippen LogP contribution in [0.2, 0.25) is 5.02 Å². The first-order chi connectivity index (χ1) is 10.0. The zero-order valence-electron chi connectivity index (χ0n) is 11.8. The van der Waals surface area contributed by atoms with Crippen molar-refractivity contribution < 1.29 is 9.13 Å². The van der Waals surface area contributed by atoms with Crippen molar-refractivity contribution in [3.63, 3.8) is 0 Å². The van der Waals surface area contributed by atoms with Crippen LogP contribution >= 0.6 is 27.5 Å². The second-order valence-corrected chi connectivity index (χ2v) is 6.00. The van der Waals surface area contributed by atoms with E-state index >= 15 is 0 Å². The first-order valence-corrected chi connectivity index (χ1v) is 7.67.